The third-order valence-corrected chi connectivity index (χ3v) is 3.68. The molecule has 1 amide bonds. The van der Waals surface area contributed by atoms with Gasteiger partial charge < -0.3 is 15.4 Å². The highest BCUT2D eigenvalue weighted by atomic mass is 16.5. The van der Waals surface area contributed by atoms with Gasteiger partial charge in [0.2, 0.25) is 0 Å². The predicted octanol–water partition coefficient (Wildman–Crippen LogP) is 1.84. The summed E-state index contributed by atoms with van der Waals surface area (Å²) in [5.74, 6) is -0.185. The van der Waals surface area contributed by atoms with Gasteiger partial charge in [0, 0.05) is 43.1 Å². The quantitative estimate of drug-likeness (QED) is 0.787. The molecule has 6 nitrogen and oxygen atoms in total. The minimum atomic E-state index is -0.185. The number of hydrogen-bond donors (Lipinski definition) is 3. The summed E-state index contributed by atoms with van der Waals surface area (Å²) in [4.78, 5) is 12.4. The van der Waals surface area contributed by atoms with Gasteiger partial charge in [-0.2, -0.15) is 5.10 Å². The first kappa shape index (κ1) is 14.7. The van der Waals surface area contributed by atoms with E-state index in [1.54, 1.807) is 0 Å². The Bertz CT molecular complexity index is 666. The molecule has 0 atom stereocenters. The van der Waals surface area contributed by atoms with Gasteiger partial charge in [-0.1, -0.05) is 12.1 Å². The molecule has 1 aromatic carbocycles. The van der Waals surface area contributed by atoms with E-state index in [0.29, 0.717) is 25.5 Å². The van der Waals surface area contributed by atoms with Gasteiger partial charge in [0.1, 0.15) is 0 Å². The summed E-state index contributed by atoms with van der Waals surface area (Å²) in [5, 5.41) is 13.3. The summed E-state index contributed by atoms with van der Waals surface area (Å²) in [5.41, 5.74) is 4.27. The number of nitrogens with zero attached hydrogens (tertiary/aromatic N) is 1. The summed E-state index contributed by atoms with van der Waals surface area (Å²) < 4.78 is 5.39. The Balaban J connectivity index is 1.73. The smallest absolute Gasteiger partial charge is 0.276 e. The van der Waals surface area contributed by atoms with Crippen LogP contribution in [0.3, 0.4) is 0 Å². The summed E-state index contributed by atoms with van der Waals surface area (Å²) in [6.07, 6.45) is 0.874. The number of H-pyrrole nitrogens is 1. The lowest BCUT2D eigenvalue weighted by atomic mass is 10.1. The van der Waals surface area contributed by atoms with E-state index in [1.807, 2.05) is 31.2 Å². The molecule has 0 radical (unpaired) electrons. The molecule has 0 aliphatic carbocycles. The summed E-state index contributed by atoms with van der Waals surface area (Å²) in [7, 11) is 0. The summed E-state index contributed by atoms with van der Waals surface area (Å²) in [6, 6.07) is 7.67. The Labute approximate surface area is 129 Å². The average Bonchev–Trinajstić information content (AvgIpc) is 2.97. The highest BCUT2D eigenvalue weighted by Crippen LogP contribution is 2.18. The molecule has 0 saturated heterocycles. The van der Waals surface area contributed by atoms with Gasteiger partial charge >= 0.3 is 0 Å². The molecule has 0 bridgehead atoms. The maximum absolute atomic E-state index is 12.4. The van der Waals surface area contributed by atoms with Gasteiger partial charge in [0.25, 0.3) is 5.91 Å². The van der Waals surface area contributed by atoms with Crippen molar-refractivity contribution in [1.29, 1.82) is 0 Å². The first-order valence-corrected chi connectivity index (χ1v) is 7.52. The fourth-order valence-corrected chi connectivity index (χ4v) is 2.56. The van der Waals surface area contributed by atoms with E-state index in [9.17, 15) is 4.79 Å². The molecule has 2 heterocycles. The number of anilines is 1. The van der Waals surface area contributed by atoms with Gasteiger partial charge in [-0.05, 0) is 24.6 Å². The number of hydrogen-bond acceptors (Lipinski definition) is 4. The van der Waals surface area contributed by atoms with Crippen molar-refractivity contribution >= 4 is 11.6 Å². The topological polar surface area (TPSA) is 79.0 Å². The summed E-state index contributed by atoms with van der Waals surface area (Å²) >= 11 is 0. The number of carbonyl (C=O) groups excluding carboxylic acids is 1. The standard InChI is InChI=1S/C16H20N4O2/c1-2-22-10-11-4-3-5-12(8-11)18-16(21)15-13-9-17-7-6-14(13)19-20-15/h3-5,8,17H,2,6-7,9-10H2,1H3,(H,18,21)(H,19,20). The lowest BCUT2D eigenvalue weighted by Crippen LogP contribution is -2.25. The minimum Gasteiger partial charge on any atom is -0.377 e. The number of aromatic nitrogens is 2. The number of fused-ring (bicyclic) bond motifs is 1. The van der Waals surface area contributed by atoms with Crippen molar-refractivity contribution in [2.75, 3.05) is 18.5 Å². The maximum atomic E-state index is 12.4. The van der Waals surface area contributed by atoms with Crippen LogP contribution >= 0.6 is 0 Å². The second-order valence-corrected chi connectivity index (χ2v) is 5.25. The molecule has 1 aliphatic heterocycles. The van der Waals surface area contributed by atoms with Crippen molar-refractivity contribution in [3.05, 3.63) is 46.8 Å². The Hall–Kier alpha value is -2.18. The van der Waals surface area contributed by atoms with Gasteiger partial charge in [-0.15, -0.1) is 0 Å². The number of amides is 1. The lowest BCUT2D eigenvalue weighted by Gasteiger charge is -2.13. The van der Waals surface area contributed by atoms with Crippen molar-refractivity contribution in [3.8, 4) is 0 Å². The zero-order valence-corrected chi connectivity index (χ0v) is 12.6. The predicted molar refractivity (Wildman–Crippen MR) is 83.7 cm³/mol. The van der Waals surface area contributed by atoms with E-state index < -0.39 is 0 Å². The van der Waals surface area contributed by atoms with Crippen molar-refractivity contribution in [3.63, 3.8) is 0 Å². The molecule has 6 heteroatoms. The number of aromatic amines is 1. The Morgan fingerprint density at radius 2 is 2.36 bits per heavy atom. The van der Waals surface area contributed by atoms with Crippen LogP contribution in [0.2, 0.25) is 0 Å². The van der Waals surface area contributed by atoms with Gasteiger partial charge in [-0.25, -0.2) is 0 Å². The third kappa shape index (κ3) is 3.18. The fourth-order valence-electron chi connectivity index (χ4n) is 2.56. The van der Waals surface area contributed by atoms with Gasteiger partial charge in [0.05, 0.1) is 6.61 Å². The van der Waals surface area contributed by atoms with E-state index in [2.05, 4.69) is 20.8 Å². The number of carbonyl (C=O) groups is 1. The molecule has 116 valence electrons. The maximum Gasteiger partial charge on any atom is 0.276 e. The van der Waals surface area contributed by atoms with Crippen LogP contribution < -0.4 is 10.6 Å². The fraction of sp³-hybridized carbons (Fsp3) is 0.375. The lowest BCUT2D eigenvalue weighted by molar-refractivity contribution is 0.102. The van der Waals surface area contributed by atoms with Crippen LogP contribution in [0.25, 0.3) is 0 Å². The van der Waals surface area contributed by atoms with E-state index in [1.165, 1.54) is 0 Å². The summed E-state index contributed by atoms with van der Waals surface area (Å²) in [6.45, 7) is 4.76. The Kier molecular flexibility index (Phi) is 4.50. The molecule has 1 aliphatic rings. The molecule has 1 aromatic heterocycles. The molecule has 0 fully saturated rings. The Morgan fingerprint density at radius 1 is 1.45 bits per heavy atom. The molecule has 0 unspecified atom stereocenters. The van der Waals surface area contributed by atoms with Crippen LogP contribution in [0.1, 0.15) is 34.2 Å². The van der Waals surface area contributed by atoms with Crippen LogP contribution in [-0.2, 0) is 24.3 Å². The van der Waals surface area contributed by atoms with E-state index >= 15 is 0 Å². The largest absolute Gasteiger partial charge is 0.377 e. The molecule has 2 aromatic rings. The second kappa shape index (κ2) is 6.72. The Morgan fingerprint density at radius 3 is 3.23 bits per heavy atom. The minimum absolute atomic E-state index is 0.185. The number of benzene rings is 1. The molecular weight excluding hydrogens is 280 g/mol. The van der Waals surface area contributed by atoms with Gasteiger partial charge in [0.15, 0.2) is 5.69 Å². The first-order valence-electron chi connectivity index (χ1n) is 7.52. The molecular formula is C16H20N4O2. The van der Waals surface area contributed by atoms with Gasteiger partial charge in [-0.3, -0.25) is 9.89 Å². The number of ether oxygens (including phenoxy) is 1. The van der Waals surface area contributed by atoms with E-state index in [0.717, 1.165) is 35.5 Å². The van der Waals surface area contributed by atoms with E-state index in [4.69, 9.17) is 4.74 Å². The van der Waals surface area contributed by atoms with Crippen LogP contribution in [0.4, 0.5) is 5.69 Å². The monoisotopic (exact) mass is 300 g/mol. The SMILES string of the molecule is CCOCc1cccc(NC(=O)c2n[nH]c3c2CNCC3)c1. The van der Waals surface area contributed by atoms with Crippen molar-refractivity contribution in [1.82, 2.24) is 15.5 Å². The molecule has 3 N–H and O–H groups in total. The van der Waals surface area contributed by atoms with Crippen LogP contribution in [0.15, 0.2) is 24.3 Å². The zero-order valence-electron chi connectivity index (χ0n) is 12.6. The number of rotatable bonds is 5. The van der Waals surface area contributed by atoms with Crippen LogP contribution in [-0.4, -0.2) is 29.3 Å². The zero-order chi connectivity index (χ0) is 15.4. The van der Waals surface area contributed by atoms with E-state index in [-0.39, 0.29) is 5.91 Å². The second-order valence-electron chi connectivity index (χ2n) is 5.25. The van der Waals surface area contributed by atoms with Crippen LogP contribution in [0, 0.1) is 0 Å². The molecule has 0 spiro atoms. The normalized spacial score (nSPS) is 13.7. The highest BCUT2D eigenvalue weighted by Gasteiger charge is 2.21. The molecule has 0 saturated carbocycles. The van der Waals surface area contributed by atoms with Crippen LogP contribution in [0.5, 0.6) is 0 Å². The first-order chi connectivity index (χ1) is 10.8. The highest BCUT2D eigenvalue weighted by molar-refractivity contribution is 6.04. The third-order valence-electron chi connectivity index (χ3n) is 3.68. The molecule has 3 rings (SSSR count). The van der Waals surface area contributed by atoms with Crippen molar-refractivity contribution in [2.24, 2.45) is 0 Å². The molecule has 22 heavy (non-hydrogen) atoms. The number of nitrogens with one attached hydrogen (secondary N) is 3. The average molecular weight is 300 g/mol. The van der Waals surface area contributed by atoms with Crippen molar-refractivity contribution in [2.45, 2.75) is 26.5 Å². The van der Waals surface area contributed by atoms with Crippen molar-refractivity contribution < 1.29 is 9.53 Å².